The quantitative estimate of drug-likeness (QED) is 0.830. The van der Waals surface area contributed by atoms with Crippen molar-refractivity contribution < 1.29 is 9.90 Å². The van der Waals surface area contributed by atoms with Gasteiger partial charge in [0.25, 0.3) is 0 Å². The van der Waals surface area contributed by atoms with Gasteiger partial charge >= 0.3 is 0 Å². The van der Waals surface area contributed by atoms with E-state index in [9.17, 15) is 9.90 Å². The van der Waals surface area contributed by atoms with Crippen LogP contribution < -0.4 is 5.32 Å². The Balaban J connectivity index is 1.95. The van der Waals surface area contributed by atoms with E-state index in [4.69, 9.17) is 0 Å². The highest BCUT2D eigenvalue weighted by Crippen LogP contribution is 2.32. The molecule has 0 aliphatic heterocycles. The van der Waals surface area contributed by atoms with Crippen molar-refractivity contribution in [2.45, 2.75) is 81.9 Å². The number of aliphatic hydroxyl groups excluding tert-OH is 1. The van der Waals surface area contributed by atoms with Crippen LogP contribution in [0.1, 0.15) is 64.2 Å². The third-order valence-corrected chi connectivity index (χ3v) is 5.42. The Kier molecular flexibility index (Phi) is 5.44. The highest BCUT2D eigenvalue weighted by atomic mass is 16.3. The van der Waals surface area contributed by atoms with E-state index in [1.165, 1.54) is 19.3 Å². The van der Waals surface area contributed by atoms with Gasteiger partial charge in [0.1, 0.15) is 0 Å². The second-order valence-electron chi connectivity index (χ2n) is 6.69. The third-order valence-electron chi connectivity index (χ3n) is 5.42. The fraction of sp³-hybridized carbons (Fsp3) is 0.938. The van der Waals surface area contributed by atoms with Gasteiger partial charge in [-0.3, -0.25) is 4.79 Å². The van der Waals surface area contributed by atoms with E-state index in [1.54, 1.807) is 0 Å². The molecule has 2 aliphatic carbocycles. The lowest BCUT2D eigenvalue weighted by Gasteiger charge is -2.40. The summed E-state index contributed by atoms with van der Waals surface area (Å²) in [5.74, 6) is 0.187. The molecule has 2 fully saturated rings. The number of likely N-dealkylation sites (N-methyl/N-ethyl adjacent to an activating group) is 1. The summed E-state index contributed by atoms with van der Waals surface area (Å²) in [6.07, 6.45) is 10.1. The van der Waals surface area contributed by atoms with Crippen molar-refractivity contribution in [2.75, 3.05) is 14.1 Å². The molecule has 1 amide bonds. The Morgan fingerprint density at radius 3 is 2.45 bits per heavy atom. The zero-order valence-corrected chi connectivity index (χ0v) is 13.0. The van der Waals surface area contributed by atoms with Crippen LogP contribution in [0.2, 0.25) is 0 Å². The van der Waals surface area contributed by atoms with Gasteiger partial charge in [0.05, 0.1) is 12.1 Å². The van der Waals surface area contributed by atoms with Gasteiger partial charge in [-0.15, -0.1) is 0 Å². The molecule has 0 aromatic rings. The van der Waals surface area contributed by atoms with Crippen LogP contribution in [0.4, 0.5) is 0 Å². The Morgan fingerprint density at radius 2 is 1.85 bits per heavy atom. The standard InChI is InChI=1S/C16H30N2O2/c1-17-16(10-6-3-7-11-16)12-15(20)18(2)13-8-4-5-9-14(13)19/h13-14,17,19H,3-12H2,1-2H3. The average molecular weight is 282 g/mol. The first-order chi connectivity index (χ1) is 9.58. The van der Waals surface area contributed by atoms with Crippen LogP contribution in [-0.2, 0) is 4.79 Å². The molecule has 2 saturated carbocycles. The third kappa shape index (κ3) is 3.53. The minimum Gasteiger partial charge on any atom is -0.391 e. The maximum atomic E-state index is 12.6. The predicted molar refractivity (Wildman–Crippen MR) is 80.5 cm³/mol. The molecule has 0 heterocycles. The Morgan fingerprint density at radius 1 is 1.20 bits per heavy atom. The maximum absolute atomic E-state index is 12.6. The van der Waals surface area contributed by atoms with Crippen molar-refractivity contribution in [1.29, 1.82) is 0 Å². The first kappa shape index (κ1) is 15.8. The summed E-state index contributed by atoms with van der Waals surface area (Å²) in [5.41, 5.74) is -0.0107. The molecule has 2 N–H and O–H groups in total. The summed E-state index contributed by atoms with van der Waals surface area (Å²) < 4.78 is 0. The SMILES string of the molecule is CNC1(CC(=O)N(C)C2CCCCC2O)CCCCC1. The molecular formula is C16H30N2O2. The Labute approximate surface area is 122 Å². The number of amides is 1. The van der Waals surface area contributed by atoms with Crippen LogP contribution in [0.5, 0.6) is 0 Å². The molecular weight excluding hydrogens is 252 g/mol. The van der Waals surface area contributed by atoms with Gasteiger partial charge in [-0.05, 0) is 32.7 Å². The second-order valence-corrected chi connectivity index (χ2v) is 6.69. The molecule has 2 atom stereocenters. The molecule has 116 valence electrons. The summed E-state index contributed by atoms with van der Waals surface area (Å²) in [6.45, 7) is 0. The number of carbonyl (C=O) groups is 1. The number of carbonyl (C=O) groups excluding carboxylic acids is 1. The first-order valence-electron chi connectivity index (χ1n) is 8.21. The van der Waals surface area contributed by atoms with Crippen molar-refractivity contribution in [3.05, 3.63) is 0 Å². The molecule has 20 heavy (non-hydrogen) atoms. The van der Waals surface area contributed by atoms with Gasteiger partial charge in [-0.25, -0.2) is 0 Å². The number of hydrogen-bond donors (Lipinski definition) is 2. The van der Waals surface area contributed by atoms with Crippen LogP contribution in [0.15, 0.2) is 0 Å². The van der Waals surface area contributed by atoms with Crippen LogP contribution in [-0.4, -0.2) is 47.7 Å². The number of rotatable bonds is 4. The minimum absolute atomic E-state index is 0.0107. The second kappa shape index (κ2) is 6.90. The lowest BCUT2D eigenvalue weighted by Crippen LogP contribution is -2.52. The van der Waals surface area contributed by atoms with E-state index >= 15 is 0 Å². The summed E-state index contributed by atoms with van der Waals surface area (Å²) in [6, 6.07) is 0.0220. The highest BCUT2D eigenvalue weighted by Gasteiger charge is 2.36. The molecule has 0 saturated heterocycles. The largest absolute Gasteiger partial charge is 0.391 e. The maximum Gasteiger partial charge on any atom is 0.224 e. The summed E-state index contributed by atoms with van der Waals surface area (Å²) in [4.78, 5) is 14.4. The van der Waals surface area contributed by atoms with E-state index in [1.807, 2.05) is 19.0 Å². The molecule has 2 rings (SSSR count). The zero-order valence-electron chi connectivity index (χ0n) is 13.0. The number of aliphatic hydroxyl groups is 1. The molecule has 4 heteroatoms. The monoisotopic (exact) mass is 282 g/mol. The van der Waals surface area contributed by atoms with E-state index in [0.29, 0.717) is 6.42 Å². The Bertz CT molecular complexity index is 326. The molecule has 2 aliphatic rings. The lowest BCUT2D eigenvalue weighted by molar-refractivity contribution is -0.137. The smallest absolute Gasteiger partial charge is 0.224 e. The fourth-order valence-electron chi connectivity index (χ4n) is 3.89. The van der Waals surface area contributed by atoms with Crippen molar-refractivity contribution >= 4 is 5.91 Å². The fourth-order valence-corrected chi connectivity index (χ4v) is 3.89. The molecule has 0 bridgehead atoms. The summed E-state index contributed by atoms with van der Waals surface area (Å²) in [7, 11) is 3.85. The molecule has 2 unspecified atom stereocenters. The Hall–Kier alpha value is -0.610. The lowest BCUT2D eigenvalue weighted by atomic mass is 9.79. The van der Waals surface area contributed by atoms with E-state index < -0.39 is 0 Å². The average Bonchev–Trinajstić information content (AvgIpc) is 2.48. The van der Waals surface area contributed by atoms with E-state index in [0.717, 1.165) is 38.5 Å². The van der Waals surface area contributed by atoms with E-state index in [-0.39, 0.29) is 23.6 Å². The van der Waals surface area contributed by atoms with Gasteiger partial charge in [0, 0.05) is 19.0 Å². The van der Waals surface area contributed by atoms with Gasteiger partial charge in [-0.1, -0.05) is 32.1 Å². The summed E-state index contributed by atoms with van der Waals surface area (Å²) >= 11 is 0. The molecule has 0 aromatic carbocycles. The minimum atomic E-state index is -0.338. The molecule has 0 spiro atoms. The van der Waals surface area contributed by atoms with E-state index in [2.05, 4.69) is 5.32 Å². The van der Waals surface area contributed by atoms with Crippen molar-refractivity contribution in [3.63, 3.8) is 0 Å². The molecule has 4 nitrogen and oxygen atoms in total. The first-order valence-corrected chi connectivity index (χ1v) is 8.21. The topological polar surface area (TPSA) is 52.6 Å². The van der Waals surface area contributed by atoms with Crippen molar-refractivity contribution in [2.24, 2.45) is 0 Å². The van der Waals surface area contributed by atoms with Crippen molar-refractivity contribution in [1.82, 2.24) is 10.2 Å². The number of nitrogens with one attached hydrogen (secondary N) is 1. The molecule has 0 aromatic heterocycles. The summed E-state index contributed by atoms with van der Waals surface area (Å²) in [5, 5.41) is 13.5. The molecule has 0 radical (unpaired) electrons. The van der Waals surface area contributed by atoms with Gasteiger partial charge in [-0.2, -0.15) is 0 Å². The predicted octanol–water partition coefficient (Wildman–Crippen LogP) is 2.06. The van der Waals surface area contributed by atoms with Crippen LogP contribution >= 0.6 is 0 Å². The van der Waals surface area contributed by atoms with Gasteiger partial charge in [0.15, 0.2) is 0 Å². The van der Waals surface area contributed by atoms with Gasteiger partial charge in [0.2, 0.25) is 5.91 Å². The van der Waals surface area contributed by atoms with Gasteiger partial charge < -0.3 is 15.3 Å². The highest BCUT2D eigenvalue weighted by molar-refractivity contribution is 5.77. The number of nitrogens with zero attached hydrogens (tertiary/aromatic N) is 1. The van der Waals surface area contributed by atoms with Crippen LogP contribution in [0.25, 0.3) is 0 Å². The van der Waals surface area contributed by atoms with Crippen molar-refractivity contribution in [3.8, 4) is 0 Å². The zero-order chi connectivity index (χ0) is 14.6. The normalized spacial score (nSPS) is 29.9. The van der Waals surface area contributed by atoms with Crippen LogP contribution in [0, 0.1) is 0 Å². The van der Waals surface area contributed by atoms with Crippen LogP contribution in [0.3, 0.4) is 0 Å². The number of hydrogen-bond acceptors (Lipinski definition) is 3.